The molecule has 0 saturated carbocycles. The second-order valence-electron chi connectivity index (χ2n) is 4.61. The molecule has 1 rings (SSSR count). The van der Waals surface area contributed by atoms with Crippen LogP contribution in [0.1, 0.15) is 32.8 Å². The van der Waals surface area contributed by atoms with Gasteiger partial charge in [0.05, 0.1) is 5.02 Å². The van der Waals surface area contributed by atoms with Gasteiger partial charge in [0.15, 0.2) is 0 Å². The summed E-state index contributed by atoms with van der Waals surface area (Å²) >= 11 is 6.11. The lowest BCUT2D eigenvalue weighted by atomic mass is 10.2. The number of anilines is 1. The molecule has 0 radical (unpaired) electrons. The molecule has 0 bridgehead atoms. The molecular weight excluding hydrogens is 234 g/mol. The number of nitrogens with one attached hydrogen (secondary N) is 2. The summed E-state index contributed by atoms with van der Waals surface area (Å²) in [7, 11) is 0. The average molecular weight is 256 g/mol. The van der Waals surface area contributed by atoms with Crippen molar-refractivity contribution in [3.8, 4) is 0 Å². The van der Waals surface area contributed by atoms with Crippen LogP contribution in [0.2, 0.25) is 5.02 Å². The molecule has 1 heterocycles. The molecule has 17 heavy (non-hydrogen) atoms. The van der Waals surface area contributed by atoms with Crippen LogP contribution in [-0.2, 0) is 6.54 Å². The summed E-state index contributed by atoms with van der Waals surface area (Å²) in [5.74, 6) is 1.51. The summed E-state index contributed by atoms with van der Waals surface area (Å²) in [5, 5.41) is 7.37. The maximum atomic E-state index is 6.11. The van der Waals surface area contributed by atoms with Gasteiger partial charge in [0.2, 0.25) is 0 Å². The fraction of sp³-hybridized carbons (Fsp3) is 0.615. The Morgan fingerprint density at radius 2 is 2.18 bits per heavy atom. The highest BCUT2D eigenvalue weighted by molar-refractivity contribution is 6.31. The Hall–Kier alpha value is -0.800. The zero-order valence-corrected chi connectivity index (χ0v) is 11.6. The third-order valence-corrected chi connectivity index (χ3v) is 2.71. The molecule has 1 aromatic rings. The molecule has 2 N–H and O–H groups in total. The first kappa shape index (κ1) is 14.3. The molecule has 0 unspecified atom stereocenters. The predicted octanol–water partition coefficient (Wildman–Crippen LogP) is 3.30. The minimum atomic E-state index is 0.606. The van der Waals surface area contributed by atoms with Gasteiger partial charge in [-0.1, -0.05) is 32.4 Å². The minimum absolute atomic E-state index is 0.606. The lowest BCUT2D eigenvalue weighted by Gasteiger charge is -2.11. The molecule has 3 nitrogen and oxygen atoms in total. The zero-order chi connectivity index (χ0) is 12.7. The van der Waals surface area contributed by atoms with Crippen molar-refractivity contribution in [2.45, 2.75) is 33.7 Å². The van der Waals surface area contributed by atoms with Crippen LogP contribution in [0.5, 0.6) is 0 Å². The Kier molecular flexibility index (Phi) is 6.30. The maximum absolute atomic E-state index is 6.11. The lowest BCUT2D eigenvalue weighted by molar-refractivity contribution is 0.673. The van der Waals surface area contributed by atoms with Crippen molar-refractivity contribution in [1.29, 1.82) is 0 Å². The van der Waals surface area contributed by atoms with E-state index < -0.39 is 0 Å². The van der Waals surface area contributed by atoms with Crippen molar-refractivity contribution in [3.63, 3.8) is 0 Å². The van der Waals surface area contributed by atoms with E-state index in [0.29, 0.717) is 5.92 Å². The van der Waals surface area contributed by atoms with E-state index in [9.17, 15) is 0 Å². The summed E-state index contributed by atoms with van der Waals surface area (Å²) in [6, 6.07) is 2.02. The van der Waals surface area contributed by atoms with Gasteiger partial charge in [-0.05, 0) is 30.5 Å². The van der Waals surface area contributed by atoms with Crippen molar-refractivity contribution in [2.75, 3.05) is 18.4 Å². The normalized spacial score (nSPS) is 10.9. The molecule has 0 amide bonds. The van der Waals surface area contributed by atoms with Gasteiger partial charge >= 0.3 is 0 Å². The van der Waals surface area contributed by atoms with E-state index in [1.807, 2.05) is 6.07 Å². The van der Waals surface area contributed by atoms with Crippen LogP contribution >= 0.6 is 11.6 Å². The Bertz CT molecular complexity index is 339. The molecule has 0 aromatic carbocycles. The van der Waals surface area contributed by atoms with E-state index in [4.69, 9.17) is 11.6 Å². The van der Waals surface area contributed by atoms with Crippen molar-refractivity contribution in [3.05, 3.63) is 22.8 Å². The number of halogens is 1. The highest BCUT2D eigenvalue weighted by Crippen LogP contribution is 2.18. The number of hydrogen-bond acceptors (Lipinski definition) is 3. The zero-order valence-electron chi connectivity index (χ0n) is 10.9. The van der Waals surface area contributed by atoms with E-state index in [0.717, 1.165) is 42.5 Å². The van der Waals surface area contributed by atoms with Gasteiger partial charge in [-0.2, -0.15) is 0 Å². The maximum Gasteiger partial charge on any atom is 0.126 e. The molecule has 4 heteroatoms. The SMILES string of the molecule is CCCNCc1cc(NCC(C)C)ncc1Cl. The molecule has 0 saturated heterocycles. The number of aromatic nitrogens is 1. The van der Waals surface area contributed by atoms with Gasteiger partial charge in [-0.3, -0.25) is 0 Å². The first-order valence-electron chi connectivity index (χ1n) is 6.22. The van der Waals surface area contributed by atoms with Crippen LogP contribution < -0.4 is 10.6 Å². The third kappa shape index (κ3) is 5.37. The fourth-order valence-corrected chi connectivity index (χ4v) is 1.59. The summed E-state index contributed by atoms with van der Waals surface area (Å²) in [6.07, 6.45) is 2.84. The van der Waals surface area contributed by atoms with E-state index in [-0.39, 0.29) is 0 Å². The predicted molar refractivity (Wildman–Crippen MR) is 74.6 cm³/mol. The number of nitrogens with zero attached hydrogens (tertiary/aromatic N) is 1. The molecule has 0 atom stereocenters. The van der Waals surface area contributed by atoms with Crippen LogP contribution in [0.15, 0.2) is 12.3 Å². The van der Waals surface area contributed by atoms with E-state index in [2.05, 4.69) is 36.4 Å². The standard InChI is InChI=1S/C13H22ClN3/c1-4-5-15-8-11-6-13(16-7-10(2)3)17-9-12(11)14/h6,9-10,15H,4-5,7-8H2,1-3H3,(H,16,17). The highest BCUT2D eigenvalue weighted by Gasteiger charge is 2.03. The molecule has 0 aliphatic rings. The molecule has 0 aliphatic carbocycles. The van der Waals surface area contributed by atoms with Crippen molar-refractivity contribution in [1.82, 2.24) is 10.3 Å². The Labute approximate surface area is 109 Å². The van der Waals surface area contributed by atoms with Crippen LogP contribution in [0, 0.1) is 5.92 Å². The summed E-state index contributed by atoms with van der Waals surface area (Å²) < 4.78 is 0. The van der Waals surface area contributed by atoms with Crippen molar-refractivity contribution >= 4 is 17.4 Å². The fourth-order valence-electron chi connectivity index (χ4n) is 1.42. The molecule has 0 aliphatic heterocycles. The Morgan fingerprint density at radius 1 is 1.41 bits per heavy atom. The number of hydrogen-bond donors (Lipinski definition) is 2. The van der Waals surface area contributed by atoms with E-state index >= 15 is 0 Å². The second kappa shape index (κ2) is 7.51. The molecular formula is C13H22ClN3. The van der Waals surface area contributed by atoms with Crippen LogP contribution in [-0.4, -0.2) is 18.1 Å². The van der Waals surface area contributed by atoms with E-state index in [1.165, 1.54) is 0 Å². The van der Waals surface area contributed by atoms with Crippen LogP contribution in [0.25, 0.3) is 0 Å². The van der Waals surface area contributed by atoms with Crippen molar-refractivity contribution in [2.24, 2.45) is 5.92 Å². The van der Waals surface area contributed by atoms with Gasteiger partial charge in [0.1, 0.15) is 5.82 Å². The van der Waals surface area contributed by atoms with Crippen LogP contribution in [0.3, 0.4) is 0 Å². The monoisotopic (exact) mass is 255 g/mol. The minimum Gasteiger partial charge on any atom is -0.370 e. The van der Waals surface area contributed by atoms with Crippen LogP contribution in [0.4, 0.5) is 5.82 Å². The summed E-state index contributed by atoms with van der Waals surface area (Å²) in [6.45, 7) is 9.23. The van der Waals surface area contributed by atoms with Crippen molar-refractivity contribution < 1.29 is 0 Å². The second-order valence-corrected chi connectivity index (χ2v) is 5.02. The van der Waals surface area contributed by atoms with E-state index in [1.54, 1.807) is 6.20 Å². The summed E-state index contributed by atoms with van der Waals surface area (Å²) in [5.41, 5.74) is 1.10. The first-order valence-corrected chi connectivity index (χ1v) is 6.60. The van der Waals surface area contributed by atoms with Gasteiger partial charge < -0.3 is 10.6 Å². The highest BCUT2D eigenvalue weighted by atomic mass is 35.5. The Balaban J connectivity index is 2.59. The van der Waals surface area contributed by atoms with Gasteiger partial charge in [0, 0.05) is 19.3 Å². The number of pyridine rings is 1. The quantitative estimate of drug-likeness (QED) is 0.734. The van der Waals surface area contributed by atoms with Gasteiger partial charge in [-0.15, -0.1) is 0 Å². The Morgan fingerprint density at radius 3 is 2.82 bits per heavy atom. The third-order valence-electron chi connectivity index (χ3n) is 2.37. The van der Waals surface area contributed by atoms with Gasteiger partial charge in [0.25, 0.3) is 0 Å². The largest absolute Gasteiger partial charge is 0.370 e. The number of rotatable bonds is 7. The summed E-state index contributed by atoms with van der Waals surface area (Å²) in [4.78, 5) is 4.27. The molecule has 0 fully saturated rings. The first-order chi connectivity index (χ1) is 8.13. The average Bonchev–Trinajstić information content (AvgIpc) is 2.30. The van der Waals surface area contributed by atoms with Gasteiger partial charge in [-0.25, -0.2) is 4.98 Å². The smallest absolute Gasteiger partial charge is 0.126 e. The topological polar surface area (TPSA) is 37.0 Å². The molecule has 1 aromatic heterocycles. The molecule has 0 spiro atoms. The lowest BCUT2D eigenvalue weighted by Crippen LogP contribution is -2.15. The molecule has 96 valence electrons.